The van der Waals surface area contributed by atoms with E-state index in [1.807, 2.05) is 30.3 Å². The van der Waals surface area contributed by atoms with Gasteiger partial charge in [0.2, 0.25) is 0 Å². The Morgan fingerprint density at radius 3 is 2.26 bits per heavy atom. The van der Waals surface area contributed by atoms with Gasteiger partial charge in [0.1, 0.15) is 12.4 Å². The molecule has 0 saturated carbocycles. The summed E-state index contributed by atoms with van der Waals surface area (Å²) >= 11 is 0. The smallest absolute Gasteiger partial charge is 0.407 e. The summed E-state index contributed by atoms with van der Waals surface area (Å²) in [7, 11) is 0. The number of carbonyl (C=O) groups excluding carboxylic acids is 1. The van der Waals surface area contributed by atoms with E-state index in [0.717, 1.165) is 5.56 Å². The summed E-state index contributed by atoms with van der Waals surface area (Å²) in [6, 6.07) is 23.6. The van der Waals surface area contributed by atoms with Crippen LogP contribution in [0.15, 0.2) is 72.8 Å². The molecule has 1 aliphatic carbocycles. The Labute approximate surface area is 158 Å². The van der Waals surface area contributed by atoms with E-state index < -0.39 is 6.09 Å². The van der Waals surface area contributed by atoms with Crippen LogP contribution in [0.1, 0.15) is 22.6 Å². The first-order valence-corrected chi connectivity index (χ1v) is 9.09. The quantitative estimate of drug-likeness (QED) is 0.706. The number of phenols is 1. The Morgan fingerprint density at radius 2 is 1.59 bits per heavy atom. The standard InChI is InChI=1S/C23H21NO3/c25-17-7-5-6-16(14-17)12-13-24-23(26)27-15-22-20-10-3-1-8-18(20)19-9-2-4-11-21(19)22/h1-11,14,22,25H,12-13,15H2,(H,24,26). The fourth-order valence-corrected chi connectivity index (χ4v) is 3.67. The first-order chi connectivity index (χ1) is 13.2. The highest BCUT2D eigenvalue weighted by Gasteiger charge is 2.28. The van der Waals surface area contributed by atoms with Crippen LogP contribution in [0.25, 0.3) is 11.1 Å². The van der Waals surface area contributed by atoms with Gasteiger partial charge in [-0.15, -0.1) is 0 Å². The lowest BCUT2D eigenvalue weighted by atomic mass is 9.98. The predicted molar refractivity (Wildman–Crippen MR) is 105 cm³/mol. The Bertz CT molecular complexity index is 922. The van der Waals surface area contributed by atoms with E-state index in [0.29, 0.717) is 19.6 Å². The molecule has 0 atom stereocenters. The van der Waals surface area contributed by atoms with Gasteiger partial charge in [-0.25, -0.2) is 4.79 Å². The van der Waals surface area contributed by atoms with Gasteiger partial charge < -0.3 is 15.2 Å². The van der Waals surface area contributed by atoms with E-state index in [2.05, 4.69) is 29.6 Å². The molecule has 136 valence electrons. The van der Waals surface area contributed by atoms with Crippen molar-refractivity contribution in [1.82, 2.24) is 5.32 Å². The van der Waals surface area contributed by atoms with Gasteiger partial charge >= 0.3 is 6.09 Å². The Balaban J connectivity index is 1.35. The maximum absolute atomic E-state index is 12.1. The van der Waals surface area contributed by atoms with E-state index in [1.54, 1.807) is 18.2 Å². The molecule has 2 N–H and O–H groups in total. The van der Waals surface area contributed by atoms with Gasteiger partial charge in [-0.3, -0.25) is 0 Å². The number of aromatic hydroxyl groups is 1. The lowest BCUT2D eigenvalue weighted by Gasteiger charge is -2.14. The number of rotatable bonds is 5. The number of amides is 1. The molecule has 1 amide bonds. The molecule has 4 nitrogen and oxygen atoms in total. The van der Waals surface area contributed by atoms with Gasteiger partial charge in [0.15, 0.2) is 0 Å². The maximum Gasteiger partial charge on any atom is 0.407 e. The second-order valence-corrected chi connectivity index (χ2v) is 6.67. The van der Waals surface area contributed by atoms with Crippen LogP contribution < -0.4 is 5.32 Å². The number of fused-ring (bicyclic) bond motifs is 3. The molecule has 4 rings (SSSR count). The molecule has 0 aromatic heterocycles. The van der Waals surface area contributed by atoms with Crippen molar-refractivity contribution in [2.45, 2.75) is 12.3 Å². The second-order valence-electron chi connectivity index (χ2n) is 6.67. The van der Waals surface area contributed by atoms with E-state index >= 15 is 0 Å². The number of benzene rings is 3. The highest BCUT2D eigenvalue weighted by Crippen LogP contribution is 2.44. The van der Waals surface area contributed by atoms with Gasteiger partial charge in [-0.1, -0.05) is 60.7 Å². The topological polar surface area (TPSA) is 58.6 Å². The zero-order valence-corrected chi connectivity index (χ0v) is 14.9. The molecule has 0 radical (unpaired) electrons. The van der Waals surface area contributed by atoms with E-state index in [9.17, 15) is 9.90 Å². The minimum absolute atomic E-state index is 0.0641. The Kier molecular flexibility index (Phi) is 4.79. The van der Waals surface area contributed by atoms with Crippen LogP contribution in [0.5, 0.6) is 5.75 Å². The Hall–Kier alpha value is -3.27. The number of ether oxygens (including phenoxy) is 1. The number of phenolic OH excluding ortho intramolecular Hbond substituents is 1. The van der Waals surface area contributed by atoms with Crippen molar-refractivity contribution < 1.29 is 14.6 Å². The highest BCUT2D eigenvalue weighted by molar-refractivity contribution is 5.79. The van der Waals surface area contributed by atoms with Crippen LogP contribution in [-0.4, -0.2) is 24.4 Å². The van der Waals surface area contributed by atoms with Crippen LogP contribution in [0.4, 0.5) is 4.79 Å². The summed E-state index contributed by atoms with van der Waals surface area (Å²) in [6.45, 7) is 0.770. The van der Waals surface area contributed by atoms with Crippen molar-refractivity contribution in [3.8, 4) is 16.9 Å². The number of nitrogens with one attached hydrogen (secondary N) is 1. The van der Waals surface area contributed by atoms with Crippen molar-refractivity contribution >= 4 is 6.09 Å². The second kappa shape index (κ2) is 7.54. The molecular weight excluding hydrogens is 338 g/mol. The summed E-state index contributed by atoms with van der Waals surface area (Å²) < 4.78 is 5.50. The van der Waals surface area contributed by atoms with Crippen LogP contribution in [0.3, 0.4) is 0 Å². The average molecular weight is 359 g/mol. The normalized spacial score (nSPS) is 12.3. The summed E-state index contributed by atoms with van der Waals surface area (Å²) in [5, 5.41) is 12.3. The van der Waals surface area contributed by atoms with Gasteiger partial charge in [0.25, 0.3) is 0 Å². The molecule has 4 heteroatoms. The number of alkyl carbamates (subject to hydrolysis) is 1. The third-order valence-electron chi connectivity index (χ3n) is 4.94. The fourth-order valence-electron chi connectivity index (χ4n) is 3.67. The summed E-state index contributed by atoms with van der Waals surface area (Å²) in [6.07, 6.45) is 0.218. The summed E-state index contributed by atoms with van der Waals surface area (Å²) in [5.74, 6) is 0.294. The van der Waals surface area contributed by atoms with E-state index in [-0.39, 0.29) is 11.7 Å². The molecular formula is C23H21NO3. The number of carbonyl (C=O) groups is 1. The van der Waals surface area contributed by atoms with Crippen molar-refractivity contribution in [3.05, 3.63) is 89.5 Å². The summed E-state index contributed by atoms with van der Waals surface area (Å²) in [4.78, 5) is 12.1. The van der Waals surface area contributed by atoms with Crippen LogP contribution >= 0.6 is 0 Å². The molecule has 0 unspecified atom stereocenters. The predicted octanol–water partition coefficient (Wildman–Crippen LogP) is 4.47. The van der Waals surface area contributed by atoms with Gasteiger partial charge in [-0.2, -0.15) is 0 Å². The van der Waals surface area contributed by atoms with Crippen molar-refractivity contribution in [2.75, 3.05) is 13.2 Å². The average Bonchev–Trinajstić information content (AvgIpc) is 3.00. The zero-order valence-electron chi connectivity index (χ0n) is 14.9. The minimum atomic E-state index is -0.419. The third-order valence-corrected chi connectivity index (χ3v) is 4.94. The van der Waals surface area contributed by atoms with Gasteiger partial charge in [0.05, 0.1) is 0 Å². The van der Waals surface area contributed by atoms with Crippen LogP contribution in [0.2, 0.25) is 0 Å². The molecule has 0 saturated heterocycles. The van der Waals surface area contributed by atoms with Crippen LogP contribution in [-0.2, 0) is 11.2 Å². The molecule has 0 heterocycles. The number of hydrogen-bond donors (Lipinski definition) is 2. The molecule has 1 aliphatic rings. The molecule has 3 aromatic carbocycles. The zero-order chi connectivity index (χ0) is 18.6. The lowest BCUT2D eigenvalue weighted by Crippen LogP contribution is -2.28. The first-order valence-electron chi connectivity index (χ1n) is 9.09. The largest absolute Gasteiger partial charge is 0.508 e. The molecule has 0 spiro atoms. The van der Waals surface area contributed by atoms with E-state index in [4.69, 9.17) is 4.74 Å². The fraction of sp³-hybridized carbons (Fsp3) is 0.174. The van der Waals surface area contributed by atoms with Crippen molar-refractivity contribution in [2.24, 2.45) is 0 Å². The molecule has 3 aromatic rings. The Morgan fingerprint density at radius 1 is 0.926 bits per heavy atom. The van der Waals surface area contributed by atoms with Gasteiger partial charge in [-0.05, 0) is 46.4 Å². The SMILES string of the molecule is O=C(NCCc1cccc(O)c1)OCC1c2ccccc2-c2ccccc21. The maximum atomic E-state index is 12.1. The van der Waals surface area contributed by atoms with E-state index in [1.165, 1.54) is 22.3 Å². The van der Waals surface area contributed by atoms with Crippen molar-refractivity contribution in [1.29, 1.82) is 0 Å². The summed E-state index contributed by atoms with van der Waals surface area (Å²) in [5.41, 5.74) is 5.79. The number of hydrogen-bond acceptors (Lipinski definition) is 3. The first kappa shape index (κ1) is 17.2. The molecule has 0 bridgehead atoms. The van der Waals surface area contributed by atoms with Crippen LogP contribution in [0, 0.1) is 0 Å². The van der Waals surface area contributed by atoms with Crippen molar-refractivity contribution in [3.63, 3.8) is 0 Å². The third kappa shape index (κ3) is 3.65. The molecule has 0 fully saturated rings. The van der Waals surface area contributed by atoms with Gasteiger partial charge in [0, 0.05) is 12.5 Å². The monoisotopic (exact) mass is 359 g/mol. The lowest BCUT2D eigenvalue weighted by molar-refractivity contribution is 0.143. The molecule has 27 heavy (non-hydrogen) atoms. The highest BCUT2D eigenvalue weighted by atomic mass is 16.5. The minimum Gasteiger partial charge on any atom is -0.508 e. The molecule has 0 aliphatic heterocycles.